The minimum Gasteiger partial charge on any atom is -0.462 e. The first-order valence-corrected chi connectivity index (χ1v) is 4.93. The molecule has 0 fully saturated rings. The monoisotopic (exact) mass is 298 g/mol. The second kappa shape index (κ2) is 5.67. The molecule has 1 aromatic rings. The number of carbonyl (C=O) groups excluding carboxylic acids is 1. The summed E-state index contributed by atoms with van der Waals surface area (Å²) in [6.07, 6.45) is -5.19. The maximum absolute atomic E-state index is 13.3. The van der Waals surface area contributed by atoms with E-state index < -0.39 is 40.3 Å². The van der Waals surface area contributed by atoms with Crippen LogP contribution >= 0.6 is 0 Å². The third-order valence-electron chi connectivity index (χ3n) is 1.82. The maximum Gasteiger partial charge on any atom is 0.574 e. The normalized spacial score (nSPS) is 11.1. The molecular formula is C9H6F4N2O5. The van der Waals surface area contributed by atoms with Gasteiger partial charge in [-0.15, -0.1) is 13.2 Å². The van der Waals surface area contributed by atoms with Crippen molar-refractivity contribution in [3.05, 3.63) is 27.7 Å². The van der Waals surface area contributed by atoms with Crippen LogP contribution in [0.25, 0.3) is 0 Å². The van der Waals surface area contributed by atoms with Crippen LogP contribution in [0, 0.1) is 16.1 Å². The van der Waals surface area contributed by atoms with Gasteiger partial charge in [0.05, 0.1) is 11.5 Å². The van der Waals surface area contributed by atoms with Crippen molar-refractivity contribution in [2.75, 3.05) is 6.61 Å². The highest BCUT2D eigenvalue weighted by Gasteiger charge is 2.35. The zero-order valence-electron chi connectivity index (χ0n) is 9.73. The molecule has 11 heteroatoms. The highest BCUT2D eigenvalue weighted by Crippen LogP contribution is 2.29. The van der Waals surface area contributed by atoms with Crippen LogP contribution in [-0.2, 0) is 4.74 Å². The van der Waals surface area contributed by atoms with Crippen LogP contribution < -0.4 is 4.74 Å². The summed E-state index contributed by atoms with van der Waals surface area (Å²) in [5.41, 5.74) is -2.42. The third kappa shape index (κ3) is 3.76. The van der Waals surface area contributed by atoms with E-state index in [-0.39, 0.29) is 12.7 Å². The van der Waals surface area contributed by atoms with Crippen LogP contribution in [0.1, 0.15) is 17.3 Å². The Balaban J connectivity index is 3.35. The molecule has 0 aliphatic heterocycles. The van der Waals surface area contributed by atoms with Crippen molar-refractivity contribution < 1.29 is 36.8 Å². The molecule has 0 saturated heterocycles. The lowest BCUT2D eigenvalue weighted by Gasteiger charge is -2.09. The molecule has 0 amide bonds. The van der Waals surface area contributed by atoms with E-state index in [1.165, 1.54) is 6.92 Å². The molecule has 1 rings (SSSR count). The summed E-state index contributed by atoms with van der Waals surface area (Å²) < 4.78 is 57.0. The van der Waals surface area contributed by atoms with Gasteiger partial charge in [-0.25, -0.2) is 4.79 Å². The standard InChI is InChI=1S/C9H6F4N2O5/c1-2-19-8(16)4-3-5(20-9(11,12)13)14-7(10)6(4)15(17)18/h3H,2H2,1H3. The Labute approximate surface area is 108 Å². The minimum absolute atomic E-state index is 0.213. The highest BCUT2D eigenvalue weighted by atomic mass is 19.4. The Kier molecular flexibility index (Phi) is 4.42. The number of nitrogens with zero attached hydrogens (tertiary/aromatic N) is 2. The summed E-state index contributed by atoms with van der Waals surface area (Å²) in [5, 5.41) is 10.6. The molecule has 0 spiro atoms. The van der Waals surface area contributed by atoms with E-state index in [9.17, 15) is 32.5 Å². The predicted molar refractivity (Wildman–Crippen MR) is 53.5 cm³/mol. The fraction of sp³-hybridized carbons (Fsp3) is 0.333. The molecule has 7 nitrogen and oxygen atoms in total. The summed E-state index contributed by atoms with van der Waals surface area (Å²) in [6, 6.07) is 0.284. The van der Waals surface area contributed by atoms with E-state index in [0.29, 0.717) is 0 Å². The molecule has 0 radical (unpaired) electrons. The van der Waals surface area contributed by atoms with Gasteiger partial charge in [0.2, 0.25) is 5.88 Å². The van der Waals surface area contributed by atoms with Crippen LogP contribution in [0.4, 0.5) is 23.2 Å². The molecule has 20 heavy (non-hydrogen) atoms. The average molecular weight is 298 g/mol. The first-order valence-electron chi connectivity index (χ1n) is 4.93. The number of pyridine rings is 1. The largest absolute Gasteiger partial charge is 0.574 e. The molecule has 110 valence electrons. The van der Waals surface area contributed by atoms with Crippen molar-refractivity contribution in [3.63, 3.8) is 0 Å². The molecule has 0 aliphatic carbocycles. The fourth-order valence-corrected chi connectivity index (χ4v) is 1.19. The molecule has 0 bridgehead atoms. The number of carbonyl (C=O) groups is 1. The van der Waals surface area contributed by atoms with Gasteiger partial charge in [-0.1, -0.05) is 0 Å². The van der Waals surface area contributed by atoms with Crippen LogP contribution in [0.2, 0.25) is 0 Å². The Bertz CT molecular complexity index is 546. The number of aromatic nitrogens is 1. The van der Waals surface area contributed by atoms with E-state index in [0.717, 1.165) is 0 Å². The molecular weight excluding hydrogens is 292 g/mol. The quantitative estimate of drug-likeness (QED) is 0.278. The summed E-state index contributed by atoms with van der Waals surface area (Å²) in [4.78, 5) is 23.3. The highest BCUT2D eigenvalue weighted by molar-refractivity contribution is 5.94. The van der Waals surface area contributed by atoms with Gasteiger partial charge in [-0.05, 0) is 6.92 Å². The van der Waals surface area contributed by atoms with Gasteiger partial charge in [0.1, 0.15) is 5.56 Å². The van der Waals surface area contributed by atoms with E-state index in [1.54, 1.807) is 0 Å². The average Bonchev–Trinajstić information content (AvgIpc) is 2.25. The van der Waals surface area contributed by atoms with Crippen molar-refractivity contribution in [1.29, 1.82) is 0 Å². The summed E-state index contributed by atoms with van der Waals surface area (Å²) in [7, 11) is 0. The molecule has 0 aliphatic rings. The van der Waals surface area contributed by atoms with Crippen molar-refractivity contribution in [2.45, 2.75) is 13.3 Å². The molecule has 0 atom stereocenters. The Morgan fingerprint density at radius 2 is 2.10 bits per heavy atom. The van der Waals surface area contributed by atoms with E-state index in [4.69, 9.17) is 0 Å². The van der Waals surface area contributed by atoms with Gasteiger partial charge in [0.15, 0.2) is 0 Å². The van der Waals surface area contributed by atoms with E-state index in [2.05, 4.69) is 14.5 Å². The number of hydrogen-bond acceptors (Lipinski definition) is 6. The first kappa shape index (κ1) is 15.6. The Morgan fingerprint density at radius 1 is 1.50 bits per heavy atom. The van der Waals surface area contributed by atoms with E-state index in [1.807, 2.05) is 0 Å². The number of hydrogen-bond donors (Lipinski definition) is 0. The SMILES string of the molecule is CCOC(=O)c1cc(OC(F)(F)F)nc(F)c1[N+](=O)[O-]. The van der Waals surface area contributed by atoms with Gasteiger partial charge in [0.25, 0.3) is 5.95 Å². The lowest BCUT2D eigenvalue weighted by atomic mass is 10.2. The predicted octanol–water partition coefficient (Wildman–Crippen LogP) is 2.20. The second-order valence-electron chi connectivity index (χ2n) is 3.17. The van der Waals surface area contributed by atoms with Crippen LogP contribution in [0.3, 0.4) is 0 Å². The topological polar surface area (TPSA) is 91.6 Å². The molecule has 0 unspecified atom stereocenters. The lowest BCUT2D eigenvalue weighted by molar-refractivity contribution is -0.388. The van der Waals surface area contributed by atoms with Gasteiger partial charge in [0, 0.05) is 6.07 Å². The van der Waals surface area contributed by atoms with Crippen molar-refractivity contribution >= 4 is 11.7 Å². The first-order chi connectivity index (χ1) is 9.15. The lowest BCUT2D eigenvalue weighted by Crippen LogP contribution is -2.19. The molecule has 0 saturated carbocycles. The summed E-state index contributed by atoms with van der Waals surface area (Å²) in [5.74, 6) is -4.60. The number of alkyl halides is 3. The number of nitro groups is 1. The minimum atomic E-state index is -5.19. The van der Waals surface area contributed by atoms with Crippen molar-refractivity contribution in [1.82, 2.24) is 4.98 Å². The van der Waals surface area contributed by atoms with Gasteiger partial charge in [-0.2, -0.15) is 9.37 Å². The molecule has 0 N–H and O–H groups in total. The van der Waals surface area contributed by atoms with Crippen molar-refractivity contribution in [3.8, 4) is 5.88 Å². The van der Waals surface area contributed by atoms with Gasteiger partial charge in [-0.3, -0.25) is 10.1 Å². The smallest absolute Gasteiger partial charge is 0.462 e. The number of rotatable bonds is 4. The fourth-order valence-electron chi connectivity index (χ4n) is 1.19. The van der Waals surface area contributed by atoms with Gasteiger partial charge >= 0.3 is 18.0 Å². The maximum atomic E-state index is 13.3. The Hall–Kier alpha value is -2.46. The van der Waals surface area contributed by atoms with Gasteiger partial charge < -0.3 is 9.47 Å². The summed E-state index contributed by atoms with van der Waals surface area (Å²) in [6.45, 7) is 1.14. The number of ether oxygens (including phenoxy) is 2. The van der Waals surface area contributed by atoms with E-state index >= 15 is 0 Å². The number of esters is 1. The van der Waals surface area contributed by atoms with Crippen LogP contribution in [0.15, 0.2) is 6.07 Å². The van der Waals surface area contributed by atoms with Crippen molar-refractivity contribution in [2.24, 2.45) is 0 Å². The zero-order valence-corrected chi connectivity index (χ0v) is 9.73. The second-order valence-corrected chi connectivity index (χ2v) is 3.17. The number of halogens is 4. The van der Waals surface area contributed by atoms with Crippen LogP contribution in [-0.4, -0.2) is 28.8 Å². The zero-order chi connectivity index (χ0) is 15.5. The molecule has 0 aromatic carbocycles. The Morgan fingerprint density at radius 3 is 2.55 bits per heavy atom. The molecule has 1 aromatic heterocycles. The van der Waals surface area contributed by atoms with Crippen LogP contribution in [0.5, 0.6) is 5.88 Å². The third-order valence-corrected chi connectivity index (χ3v) is 1.82. The molecule has 1 heterocycles. The summed E-state index contributed by atoms with van der Waals surface area (Å²) >= 11 is 0.